The van der Waals surface area contributed by atoms with Crippen molar-refractivity contribution in [1.29, 1.82) is 0 Å². The normalized spacial score (nSPS) is 16.2. The van der Waals surface area contributed by atoms with Gasteiger partial charge in [0.1, 0.15) is 6.04 Å². The minimum Gasteiger partial charge on any atom is -0.480 e. The zero-order valence-corrected chi connectivity index (χ0v) is 6.68. The van der Waals surface area contributed by atoms with Gasteiger partial charge in [-0.3, -0.25) is 4.79 Å². The Morgan fingerprint density at radius 2 is 2.08 bits per heavy atom. The first-order valence-corrected chi connectivity index (χ1v) is 3.59. The number of hydrogen-bond acceptors (Lipinski definition) is 4. The molecule has 2 atom stereocenters. The van der Waals surface area contributed by atoms with Gasteiger partial charge in [-0.1, -0.05) is 12.2 Å². The summed E-state index contributed by atoms with van der Waals surface area (Å²) in [7, 11) is 0. The summed E-state index contributed by atoms with van der Waals surface area (Å²) in [6, 6.07) is -1.34. The highest BCUT2D eigenvalue weighted by Crippen LogP contribution is 1.91. The van der Waals surface area contributed by atoms with Crippen LogP contribution in [0.25, 0.3) is 0 Å². The summed E-state index contributed by atoms with van der Waals surface area (Å²) in [5.74, 6) is -1.04. The third-order valence-electron chi connectivity index (χ3n) is 1.30. The van der Waals surface area contributed by atoms with Crippen molar-refractivity contribution in [3.8, 4) is 0 Å². The lowest BCUT2D eigenvalue weighted by Crippen LogP contribution is -2.29. The van der Waals surface area contributed by atoms with E-state index in [9.17, 15) is 4.79 Å². The van der Waals surface area contributed by atoms with E-state index in [0.29, 0.717) is 0 Å². The van der Waals surface area contributed by atoms with Gasteiger partial charge in [-0.15, -0.1) is 0 Å². The van der Waals surface area contributed by atoms with Gasteiger partial charge in [0, 0.05) is 6.04 Å². The maximum absolute atomic E-state index is 10.2. The van der Waals surface area contributed by atoms with Crippen molar-refractivity contribution in [3.05, 3.63) is 12.2 Å². The van der Waals surface area contributed by atoms with E-state index >= 15 is 0 Å². The number of rotatable bonds is 5. The fourth-order valence-corrected chi connectivity index (χ4v) is 0.562. The molecule has 0 aliphatic heterocycles. The van der Waals surface area contributed by atoms with Gasteiger partial charge >= 0.3 is 5.97 Å². The molecule has 0 saturated carbocycles. The van der Waals surface area contributed by atoms with Crippen LogP contribution in [-0.2, 0) is 4.79 Å². The van der Waals surface area contributed by atoms with E-state index in [1.54, 1.807) is 6.08 Å². The summed E-state index contributed by atoms with van der Waals surface area (Å²) in [6.07, 6.45) is 3.31. The van der Waals surface area contributed by atoms with Crippen LogP contribution in [0.3, 0.4) is 0 Å². The number of carboxylic acids is 1. The van der Waals surface area contributed by atoms with Crippen molar-refractivity contribution >= 4 is 5.97 Å². The summed E-state index contributed by atoms with van der Waals surface area (Å²) in [6.45, 7) is -0.154. The number of carbonyl (C=O) groups is 1. The molecule has 0 aliphatic carbocycles. The molecule has 0 bridgehead atoms. The molecular weight excluding hydrogens is 160 g/mol. The van der Waals surface area contributed by atoms with Crippen LogP contribution >= 0.6 is 0 Å². The molecular formula is C7H14N2O3. The number of aliphatic hydroxyl groups excluding tert-OH is 1. The molecule has 0 unspecified atom stereocenters. The average Bonchev–Trinajstić information content (AvgIpc) is 2.03. The van der Waals surface area contributed by atoms with E-state index in [-0.39, 0.29) is 13.0 Å². The predicted octanol–water partition coefficient (Wildman–Crippen LogP) is -1.34. The lowest BCUT2D eigenvalue weighted by molar-refractivity contribution is -0.138. The van der Waals surface area contributed by atoms with Gasteiger partial charge in [0.2, 0.25) is 0 Å². The Labute approximate surface area is 70.7 Å². The molecule has 0 rings (SSSR count). The van der Waals surface area contributed by atoms with Crippen LogP contribution in [0.15, 0.2) is 12.2 Å². The number of hydrogen-bond donors (Lipinski definition) is 4. The maximum atomic E-state index is 10.2. The third kappa shape index (κ3) is 4.84. The molecule has 0 aliphatic rings. The third-order valence-corrected chi connectivity index (χ3v) is 1.30. The van der Waals surface area contributed by atoms with Crippen molar-refractivity contribution < 1.29 is 15.0 Å². The van der Waals surface area contributed by atoms with Crippen molar-refractivity contribution in [2.75, 3.05) is 6.61 Å². The van der Waals surface area contributed by atoms with Gasteiger partial charge in [0.05, 0.1) is 6.61 Å². The lowest BCUT2D eigenvalue weighted by atomic mass is 10.2. The molecule has 0 aromatic carbocycles. The second-order valence-corrected chi connectivity index (χ2v) is 2.46. The van der Waals surface area contributed by atoms with Gasteiger partial charge in [0.15, 0.2) is 0 Å². The first-order valence-electron chi connectivity index (χ1n) is 3.59. The average molecular weight is 174 g/mol. The number of nitrogens with two attached hydrogens (primary N) is 2. The molecule has 5 nitrogen and oxygen atoms in total. The first-order chi connectivity index (χ1) is 5.57. The molecule has 70 valence electrons. The van der Waals surface area contributed by atoms with E-state index in [1.807, 2.05) is 0 Å². The van der Waals surface area contributed by atoms with Crippen LogP contribution in [0, 0.1) is 0 Å². The molecule has 0 radical (unpaired) electrons. The zero-order chi connectivity index (χ0) is 9.56. The van der Waals surface area contributed by atoms with Gasteiger partial charge in [-0.2, -0.15) is 0 Å². The fourth-order valence-electron chi connectivity index (χ4n) is 0.562. The van der Waals surface area contributed by atoms with Crippen LogP contribution in [0.5, 0.6) is 0 Å². The molecule has 0 aromatic heterocycles. The van der Waals surface area contributed by atoms with E-state index in [1.165, 1.54) is 6.08 Å². The van der Waals surface area contributed by atoms with Gasteiger partial charge in [0.25, 0.3) is 0 Å². The highest BCUT2D eigenvalue weighted by Gasteiger charge is 2.08. The van der Waals surface area contributed by atoms with Crippen molar-refractivity contribution in [1.82, 2.24) is 0 Å². The molecule has 0 saturated heterocycles. The maximum Gasteiger partial charge on any atom is 0.320 e. The number of carboxylic acid groups (broad SMARTS) is 1. The molecule has 5 heteroatoms. The van der Waals surface area contributed by atoms with Crippen LogP contribution in [-0.4, -0.2) is 34.9 Å². The summed E-state index contributed by atoms with van der Waals surface area (Å²) in [5, 5.41) is 16.9. The largest absolute Gasteiger partial charge is 0.480 e. The van der Waals surface area contributed by atoms with Crippen LogP contribution < -0.4 is 11.5 Å². The van der Waals surface area contributed by atoms with Crippen LogP contribution in [0.2, 0.25) is 0 Å². The summed E-state index contributed by atoms with van der Waals surface area (Å²) in [5.41, 5.74) is 10.5. The van der Waals surface area contributed by atoms with Crippen molar-refractivity contribution in [2.45, 2.75) is 18.5 Å². The Hall–Kier alpha value is -0.910. The summed E-state index contributed by atoms with van der Waals surface area (Å²) < 4.78 is 0. The van der Waals surface area contributed by atoms with E-state index < -0.39 is 18.1 Å². The Balaban J connectivity index is 3.67. The minimum atomic E-state index is -1.04. The first kappa shape index (κ1) is 11.1. The van der Waals surface area contributed by atoms with Crippen molar-refractivity contribution in [2.24, 2.45) is 11.5 Å². The zero-order valence-electron chi connectivity index (χ0n) is 6.68. The molecule has 0 spiro atoms. The molecule has 0 amide bonds. The molecule has 12 heavy (non-hydrogen) atoms. The fraction of sp³-hybridized carbons (Fsp3) is 0.571. The van der Waals surface area contributed by atoms with Gasteiger partial charge in [-0.05, 0) is 6.42 Å². The SMILES string of the molecule is N[C@H](/C=C/C[C@H](N)C(=O)O)CO. The van der Waals surface area contributed by atoms with Crippen LogP contribution in [0.1, 0.15) is 6.42 Å². The van der Waals surface area contributed by atoms with E-state index in [0.717, 1.165) is 0 Å². The van der Waals surface area contributed by atoms with Crippen LogP contribution in [0.4, 0.5) is 0 Å². The lowest BCUT2D eigenvalue weighted by Gasteiger charge is -2.02. The van der Waals surface area contributed by atoms with Gasteiger partial charge < -0.3 is 21.7 Å². The second-order valence-electron chi connectivity index (χ2n) is 2.46. The molecule has 0 aromatic rings. The Morgan fingerprint density at radius 1 is 1.50 bits per heavy atom. The minimum absolute atomic E-state index is 0.154. The summed E-state index contributed by atoms with van der Waals surface area (Å²) >= 11 is 0. The Morgan fingerprint density at radius 3 is 2.50 bits per heavy atom. The topological polar surface area (TPSA) is 110 Å². The predicted molar refractivity (Wildman–Crippen MR) is 44.4 cm³/mol. The highest BCUT2D eigenvalue weighted by atomic mass is 16.4. The second kappa shape index (κ2) is 5.70. The monoisotopic (exact) mass is 174 g/mol. The molecule has 0 heterocycles. The Bertz CT molecular complexity index is 170. The van der Waals surface area contributed by atoms with E-state index in [2.05, 4.69) is 0 Å². The van der Waals surface area contributed by atoms with Gasteiger partial charge in [-0.25, -0.2) is 0 Å². The highest BCUT2D eigenvalue weighted by molar-refractivity contribution is 5.73. The van der Waals surface area contributed by atoms with E-state index in [4.69, 9.17) is 21.7 Å². The smallest absolute Gasteiger partial charge is 0.320 e. The molecule has 0 fully saturated rings. The quantitative estimate of drug-likeness (QED) is 0.386. The van der Waals surface area contributed by atoms with Crippen molar-refractivity contribution in [3.63, 3.8) is 0 Å². The molecule has 6 N–H and O–H groups in total. The standard InChI is InChI=1S/C7H14N2O3/c8-5(4-10)2-1-3-6(9)7(11)12/h1-2,5-6,10H,3-4,8-9H2,(H,11,12)/b2-1+/t5-,6+/m1/s1. The number of aliphatic carboxylic acids is 1. The summed E-state index contributed by atoms with van der Waals surface area (Å²) in [4.78, 5) is 10.2. The Kier molecular flexibility index (Phi) is 5.27. The number of aliphatic hydroxyl groups is 1.